The molecule has 0 saturated carbocycles. The van der Waals surface area contributed by atoms with E-state index in [1.165, 1.54) is 20.5 Å². The largest absolute Gasteiger partial charge is 0.456 e. The first-order chi connectivity index (χ1) is 12.0. The van der Waals surface area contributed by atoms with E-state index in [1.54, 1.807) is 5.48 Å². The smallest absolute Gasteiger partial charge is 0.342 e. The van der Waals surface area contributed by atoms with Crippen molar-refractivity contribution in [2.75, 3.05) is 27.2 Å². The molecule has 6 nitrogen and oxygen atoms in total. The fourth-order valence-corrected chi connectivity index (χ4v) is 3.10. The van der Waals surface area contributed by atoms with Gasteiger partial charge in [0.05, 0.1) is 0 Å². The lowest BCUT2D eigenvalue weighted by Gasteiger charge is -2.30. The Balaban J connectivity index is 0.000000660. The molecular weight excluding hydrogens is 371 g/mol. The minimum atomic E-state index is -4.14. The van der Waals surface area contributed by atoms with E-state index < -0.39 is 11.4 Å². The number of amides is 2. The van der Waals surface area contributed by atoms with Crippen LogP contribution < -0.4 is 5.48 Å². The molecule has 1 aliphatic rings. The molecule has 1 atom stereocenters. The van der Waals surface area contributed by atoms with Gasteiger partial charge in [-0.2, -0.15) is 13.2 Å². The van der Waals surface area contributed by atoms with Crippen LogP contribution in [-0.2, 0) is 9.59 Å². The second-order valence-corrected chi connectivity index (χ2v) is 8.18. The lowest BCUT2D eigenvalue weighted by Crippen LogP contribution is -2.41. The number of carbonyl (C=O) groups excluding carboxylic acids is 2. The van der Waals surface area contributed by atoms with E-state index in [9.17, 15) is 22.8 Å². The number of piperidine rings is 1. The van der Waals surface area contributed by atoms with Crippen LogP contribution in [0.25, 0.3) is 0 Å². The van der Waals surface area contributed by atoms with Gasteiger partial charge in [0.1, 0.15) is 0 Å². The summed E-state index contributed by atoms with van der Waals surface area (Å²) in [5.41, 5.74) is -2.52. The van der Waals surface area contributed by atoms with Crippen molar-refractivity contribution in [2.45, 2.75) is 51.5 Å². The van der Waals surface area contributed by atoms with Crippen LogP contribution in [0.15, 0.2) is 0 Å². The van der Waals surface area contributed by atoms with Crippen LogP contribution in [0.4, 0.5) is 13.2 Å². The highest BCUT2D eigenvalue weighted by molar-refractivity contribution is 7.97. The zero-order valence-electron chi connectivity index (χ0n) is 15.8. The molecule has 1 heterocycles. The average molecular weight is 401 g/mol. The van der Waals surface area contributed by atoms with Crippen molar-refractivity contribution < 1.29 is 28.0 Å². The highest BCUT2D eigenvalue weighted by Gasteiger charge is 2.29. The van der Waals surface area contributed by atoms with Crippen LogP contribution in [0.2, 0.25) is 0 Å². The number of likely N-dealkylation sites (tertiary alicyclic amines) is 1. The minimum Gasteiger partial charge on any atom is -0.342 e. The Bertz CT molecular complexity index is 429. The van der Waals surface area contributed by atoms with Gasteiger partial charge in [-0.15, -0.1) is 0 Å². The quantitative estimate of drug-likeness (QED) is 0.406. The molecule has 0 aromatic heterocycles. The van der Waals surface area contributed by atoms with Gasteiger partial charge in [0.25, 0.3) is 0 Å². The zero-order chi connectivity index (χ0) is 20.3. The number of hydroxylamine groups is 1. The molecule has 2 amide bonds. The summed E-state index contributed by atoms with van der Waals surface area (Å²) in [6.07, 6.45) is 4.03. The van der Waals surface area contributed by atoms with Gasteiger partial charge in [-0.3, -0.25) is 14.8 Å². The molecule has 0 unspecified atom stereocenters. The molecule has 0 aromatic rings. The molecular formula is C16H30F3N3O3S. The van der Waals surface area contributed by atoms with Crippen LogP contribution in [-0.4, -0.2) is 58.9 Å². The monoisotopic (exact) mass is 401 g/mol. The van der Waals surface area contributed by atoms with Crippen LogP contribution in [0.5, 0.6) is 0 Å². The maximum absolute atomic E-state index is 12.3. The lowest BCUT2D eigenvalue weighted by molar-refractivity contribution is -0.141. The van der Waals surface area contributed by atoms with E-state index in [0.29, 0.717) is 12.3 Å². The third-order valence-electron chi connectivity index (χ3n) is 3.62. The summed E-state index contributed by atoms with van der Waals surface area (Å²) in [6.45, 7) is 5.67. The number of hydrogen-bond acceptors (Lipinski definition) is 5. The summed E-state index contributed by atoms with van der Waals surface area (Å²) in [6, 6.07) is 0. The average Bonchev–Trinajstić information content (AvgIpc) is 2.52. The third kappa shape index (κ3) is 12.4. The topological polar surface area (TPSA) is 72.9 Å². The molecule has 1 fully saturated rings. The fourth-order valence-electron chi connectivity index (χ4n) is 2.69. The Morgan fingerprint density at radius 1 is 1.19 bits per heavy atom. The molecule has 0 radical (unpaired) electrons. The van der Waals surface area contributed by atoms with E-state index in [4.69, 9.17) is 5.21 Å². The fraction of sp³-hybridized carbons (Fsp3) is 0.875. The molecule has 0 aliphatic carbocycles. The van der Waals surface area contributed by atoms with Crippen LogP contribution in [0.3, 0.4) is 0 Å². The zero-order valence-corrected chi connectivity index (χ0v) is 16.6. The Morgan fingerprint density at radius 3 is 2.08 bits per heavy atom. The van der Waals surface area contributed by atoms with E-state index in [0.717, 1.165) is 30.2 Å². The van der Waals surface area contributed by atoms with E-state index in [2.05, 4.69) is 0 Å². The van der Waals surface area contributed by atoms with Crippen molar-refractivity contribution >= 4 is 23.8 Å². The first kappa shape index (κ1) is 25.0. The first-order valence-electron chi connectivity index (χ1n) is 8.61. The summed E-state index contributed by atoms with van der Waals surface area (Å²) in [4.78, 5) is 25.5. The molecule has 0 spiro atoms. The number of hydrogen-bond donors (Lipinski definition) is 2. The first-order valence-corrected chi connectivity index (χ1v) is 9.38. The van der Waals surface area contributed by atoms with Crippen LogP contribution in [0.1, 0.15) is 46.0 Å². The Morgan fingerprint density at radius 2 is 1.73 bits per heavy atom. The molecule has 0 bridgehead atoms. The highest BCUT2D eigenvalue weighted by atomic mass is 32.2. The lowest BCUT2D eigenvalue weighted by atomic mass is 9.92. The predicted molar refractivity (Wildman–Crippen MR) is 95.3 cm³/mol. The number of rotatable bonds is 6. The Labute approximate surface area is 157 Å². The Hall–Kier alpha value is -1.00. The number of carbonyl (C=O) groups is 2. The van der Waals surface area contributed by atoms with Crippen LogP contribution in [0, 0.1) is 11.8 Å². The second kappa shape index (κ2) is 12.4. The maximum Gasteiger partial charge on any atom is 0.456 e. The van der Waals surface area contributed by atoms with Crippen molar-refractivity contribution in [3.8, 4) is 0 Å². The number of nitrogens with zero attached hydrogens (tertiary/aromatic N) is 2. The highest BCUT2D eigenvalue weighted by Crippen LogP contribution is 2.30. The van der Waals surface area contributed by atoms with Crippen LogP contribution >= 0.6 is 11.9 Å². The van der Waals surface area contributed by atoms with Gasteiger partial charge in [0.15, 0.2) is 0 Å². The van der Waals surface area contributed by atoms with E-state index in [1.807, 2.05) is 18.7 Å². The van der Waals surface area contributed by atoms with Crippen molar-refractivity contribution in [3.63, 3.8) is 0 Å². The SMILES string of the molecule is CC(C)C[C@H](CC(=O)NO)C(=O)N1CCCCC1.CN(C)SC(F)(F)F. The van der Waals surface area contributed by atoms with Gasteiger partial charge >= 0.3 is 5.51 Å². The molecule has 26 heavy (non-hydrogen) atoms. The predicted octanol–water partition coefficient (Wildman–Crippen LogP) is 3.27. The van der Waals surface area contributed by atoms with Crippen molar-refractivity contribution in [3.05, 3.63) is 0 Å². The summed E-state index contributed by atoms with van der Waals surface area (Å²) < 4.78 is 34.7. The molecule has 2 N–H and O–H groups in total. The third-order valence-corrected chi connectivity index (χ3v) is 4.19. The summed E-state index contributed by atoms with van der Waals surface area (Å²) >= 11 is -0.155. The van der Waals surface area contributed by atoms with Gasteiger partial charge in [-0.1, -0.05) is 13.8 Å². The second-order valence-electron chi connectivity index (χ2n) is 6.80. The van der Waals surface area contributed by atoms with Crippen molar-refractivity contribution in [1.82, 2.24) is 14.7 Å². The Kier molecular flexibility index (Phi) is 11.9. The van der Waals surface area contributed by atoms with Gasteiger partial charge in [-0.05, 0) is 45.7 Å². The summed E-state index contributed by atoms with van der Waals surface area (Å²) in [5.74, 6) is -0.372. The van der Waals surface area contributed by atoms with Gasteiger partial charge in [-0.25, -0.2) is 9.79 Å². The van der Waals surface area contributed by atoms with Crippen molar-refractivity contribution in [2.24, 2.45) is 11.8 Å². The number of nitrogens with one attached hydrogen (secondary N) is 1. The van der Waals surface area contributed by atoms with E-state index >= 15 is 0 Å². The summed E-state index contributed by atoms with van der Waals surface area (Å²) in [7, 11) is 2.69. The normalized spacial score (nSPS) is 16.2. The molecule has 1 aliphatic heterocycles. The number of halogens is 3. The van der Waals surface area contributed by atoms with Crippen molar-refractivity contribution in [1.29, 1.82) is 0 Å². The molecule has 1 saturated heterocycles. The minimum absolute atomic E-state index is 0.0620. The molecule has 154 valence electrons. The van der Waals surface area contributed by atoms with Gasteiger partial charge < -0.3 is 4.90 Å². The standard InChI is InChI=1S/C13H24N2O3.C3H6F3NS/c1-10(2)8-11(9-12(16)14-18)13(17)15-6-4-3-5-7-15;1-7(2)8-3(4,5)6/h10-11,18H,3-9H2,1-2H3,(H,14,16);1-2H3/t11-;/m1./s1. The van der Waals surface area contributed by atoms with Gasteiger partial charge in [0, 0.05) is 37.4 Å². The number of alkyl halides is 3. The maximum atomic E-state index is 12.3. The molecule has 1 rings (SSSR count). The van der Waals surface area contributed by atoms with E-state index in [-0.39, 0.29) is 30.2 Å². The molecule has 0 aromatic carbocycles. The summed E-state index contributed by atoms with van der Waals surface area (Å²) in [5, 5.41) is 8.59. The van der Waals surface area contributed by atoms with Gasteiger partial charge in [0.2, 0.25) is 11.8 Å². The molecule has 10 heteroatoms.